The smallest absolute Gasteiger partial charge is 0.343 e. The SMILES string of the molecule is COc1ccc(NC(=O)c2ccc(COC(=O)[C@@]34CCC(=O)N3CCS4)cc2)cc1. The second-order valence-corrected chi connectivity index (χ2v) is 8.51. The molecule has 1 N–H and O–H groups in total. The highest BCUT2D eigenvalue weighted by Crippen LogP contribution is 2.45. The summed E-state index contributed by atoms with van der Waals surface area (Å²) in [7, 11) is 1.59. The van der Waals surface area contributed by atoms with Gasteiger partial charge in [-0.1, -0.05) is 12.1 Å². The number of thioether (sulfide) groups is 1. The molecule has 2 heterocycles. The van der Waals surface area contributed by atoms with Crippen molar-refractivity contribution in [2.75, 3.05) is 24.7 Å². The van der Waals surface area contributed by atoms with Crippen LogP contribution >= 0.6 is 11.8 Å². The van der Waals surface area contributed by atoms with Crippen molar-refractivity contribution in [3.63, 3.8) is 0 Å². The maximum atomic E-state index is 12.7. The Kier molecular flexibility index (Phi) is 5.67. The largest absolute Gasteiger partial charge is 0.497 e. The van der Waals surface area contributed by atoms with Gasteiger partial charge in [-0.3, -0.25) is 9.59 Å². The lowest BCUT2D eigenvalue weighted by Gasteiger charge is -2.28. The fourth-order valence-corrected chi connectivity index (χ4v) is 5.06. The van der Waals surface area contributed by atoms with Gasteiger partial charge in [-0.05, 0) is 48.4 Å². The number of rotatable bonds is 6. The van der Waals surface area contributed by atoms with Crippen molar-refractivity contribution < 1.29 is 23.9 Å². The van der Waals surface area contributed by atoms with Crippen molar-refractivity contribution in [2.24, 2.45) is 0 Å². The van der Waals surface area contributed by atoms with Gasteiger partial charge in [0.2, 0.25) is 5.91 Å². The summed E-state index contributed by atoms with van der Waals surface area (Å²) >= 11 is 1.49. The highest BCUT2D eigenvalue weighted by atomic mass is 32.2. The first-order valence-corrected chi connectivity index (χ1v) is 10.7. The van der Waals surface area contributed by atoms with Gasteiger partial charge < -0.3 is 19.7 Å². The summed E-state index contributed by atoms with van der Waals surface area (Å²) in [6.45, 7) is 0.695. The van der Waals surface area contributed by atoms with Crippen molar-refractivity contribution in [1.29, 1.82) is 0 Å². The van der Waals surface area contributed by atoms with Crippen LogP contribution in [0.25, 0.3) is 0 Å². The highest BCUT2D eigenvalue weighted by Gasteiger charge is 2.55. The summed E-state index contributed by atoms with van der Waals surface area (Å²) in [4.78, 5) is 37.8. The molecule has 8 heteroatoms. The van der Waals surface area contributed by atoms with Gasteiger partial charge in [0.1, 0.15) is 12.4 Å². The molecule has 2 saturated heterocycles. The topological polar surface area (TPSA) is 84.9 Å². The molecule has 1 atom stereocenters. The number of ether oxygens (including phenoxy) is 2. The number of fused-ring (bicyclic) bond motifs is 1. The van der Waals surface area contributed by atoms with Crippen LogP contribution in [0.15, 0.2) is 48.5 Å². The van der Waals surface area contributed by atoms with E-state index in [0.29, 0.717) is 36.4 Å². The van der Waals surface area contributed by atoms with Crippen LogP contribution in [0.5, 0.6) is 5.75 Å². The lowest BCUT2D eigenvalue weighted by Crippen LogP contribution is -2.46. The van der Waals surface area contributed by atoms with E-state index in [4.69, 9.17) is 9.47 Å². The molecule has 2 aliphatic rings. The first-order chi connectivity index (χ1) is 14.5. The normalized spacial score (nSPS) is 20.0. The molecule has 0 aromatic heterocycles. The molecule has 30 heavy (non-hydrogen) atoms. The molecule has 0 aliphatic carbocycles. The van der Waals surface area contributed by atoms with Crippen LogP contribution in [-0.4, -0.2) is 47.0 Å². The number of hydrogen-bond donors (Lipinski definition) is 1. The van der Waals surface area contributed by atoms with Crippen LogP contribution < -0.4 is 10.1 Å². The molecule has 0 bridgehead atoms. The third kappa shape index (κ3) is 3.87. The number of esters is 1. The second kappa shape index (κ2) is 8.39. The zero-order valence-corrected chi connectivity index (χ0v) is 17.4. The van der Waals surface area contributed by atoms with E-state index >= 15 is 0 Å². The average molecular weight is 426 g/mol. The van der Waals surface area contributed by atoms with Crippen molar-refractivity contribution in [3.05, 3.63) is 59.7 Å². The van der Waals surface area contributed by atoms with Gasteiger partial charge in [-0.25, -0.2) is 4.79 Å². The minimum absolute atomic E-state index is 0.0178. The Labute approximate surface area is 178 Å². The molecule has 2 amide bonds. The van der Waals surface area contributed by atoms with Gasteiger partial charge in [0.25, 0.3) is 5.91 Å². The molecule has 0 spiro atoms. The summed E-state index contributed by atoms with van der Waals surface area (Å²) in [6.07, 6.45) is 0.889. The van der Waals surface area contributed by atoms with E-state index in [1.807, 2.05) is 0 Å². The first kappa shape index (κ1) is 20.3. The van der Waals surface area contributed by atoms with Crippen molar-refractivity contribution >= 4 is 35.2 Å². The standard InChI is InChI=1S/C22H22N2O5S/c1-28-18-8-6-17(7-9-18)23-20(26)16-4-2-15(3-5-16)14-29-21(27)22-11-10-19(25)24(22)12-13-30-22/h2-9H,10-14H2,1H3,(H,23,26)/t22-/m0/s1. The first-order valence-electron chi connectivity index (χ1n) is 9.68. The Morgan fingerprint density at radius 3 is 2.57 bits per heavy atom. The van der Waals surface area contributed by atoms with Crippen LogP contribution in [0.1, 0.15) is 28.8 Å². The second-order valence-electron chi connectivity index (χ2n) is 7.13. The van der Waals surface area contributed by atoms with Crippen LogP contribution in [0, 0.1) is 0 Å². The molecular formula is C22H22N2O5S. The van der Waals surface area contributed by atoms with Crippen LogP contribution in [0.3, 0.4) is 0 Å². The molecule has 2 aliphatic heterocycles. The number of nitrogens with one attached hydrogen (secondary N) is 1. The number of hydrogen-bond acceptors (Lipinski definition) is 6. The molecule has 4 rings (SSSR count). The third-order valence-corrected chi connectivity index (χ3v) is 6.78. The van der Waals surface area contributed by atoms with Gasteiger partial charge in [-0.15, -0.1) is 11.8 Å². The van der Waals surface area contributed by atoms with E-state index in [9.17, 15) is 14.4 Å². The van der Waals surface area contributed by atoms with E-state index in [1.165, 1.54) is 11.8 Å². The molecular weight excluding hydrogens is 404 g/mol. The summed E-state index contributed by atoms with van der Waals surface area (Å²) < 4.78 is 10.6. The van der Waals surface area contributed by atoms with Crippen molar-refractivity contribution in [1.82, 2.24) is 4.90 Å². The average Bonchev–Trinajstić information content (AvgIpc) is 3.34. The number of anilines is 1. The fourth-order valence-electron chi connectivity index (χ4n) is 3.67. The van der Waals surface area contributed by atoms with Gasteiger partial charge in [0.05, 0.1) is 7.11 Å². The Balaban J connectivity index is 1.34. The molecule has 156 valence electrons. The lowest BCUT2D eigenvalue weighted by molar-refractivity contribution is -0.154. The fraction of sp³-hybridized carbons (Fsp3) is 0.318. The maximum absolute atomic E-state index is 12.7. The predicted octanol–water partition coefficient (Wildman–Crippen LogP) is 3.06. The Morgan fingerprint density at radius 2 is 1.87 bits per heavy atom. The minimum atomic E-state index is -0.852. The number of nitrogens with zero attached hydrogens (tertiary/aromatic N) is 1. The van der Waals surface area contributed by atoms with Gasteiger partial charge >= 0.3 is 5.97 Å². The molecule has 0 saturated carbocycles. The number of carbonyl (C=O) groups excluding carboxylic acids is 3. The van der Waals surface area contributed by atoms with E-state index in [1.54, 1.807) is 60.5 Å². The van der Waals surface area contributed by atoms with Crippen molar-refractivity contribution in [3.8, 4) is 5.75 Å². The zero-order valence-electron chi connectivity index (χ0n) is 16.6. The summed E-state index contributed by atoms with van der Waals surface area (Å²) in [6, 6.07) is 14.0. The zero-order chi connectivity index (χ0) is 21.1. The third-order valence-electron chi connectivity index (χ3n) is 5.32. The van der Waals surface area contributed by atoms with Crippen LogP contribution in [0.4, 0.5) is 5.69 Å². The lowest BCUT2D eigenvalue weighted by atomic mass is 10.1. The minimum Gasteiger partial charge on any atom is -0.497 e. The Morgan fingerprint density at radius 1 is 1.13 bits per heavy atom. The maximum Gasteiger partial charge on any atom is 0.343 e. The van der Waals surface area contributed by atoms with Gasteiger partial charge in [-0.2, -0.15) is 0 Å². The molecule has 2 fully saturated rings. The van der Waals surface area contributed by atoms with Crippen molar-refractivity contribution in [2.45, 2.75) is 24.3 Å². The summed E-state index contributed by atoms with van der Waals surface area (Å²) in [5.74, 6) is 0.887. The van der Waals surface area contributed by atoms with E-state index < -0.39 is 4.87 Å². The van der Waals surface area contributed by atoms with Crippen LogP contribution in [0.2, 0.25) is 0 Å². The number of carbonyl (C=O) groups is 3. The Hall–Kier alpha value is -3.00. The highest BCUT2D eigenvalue weighted by molar-refractivity contribution is 8.01. The number of benzene rings is 2. The van der Waals surface area contributed by atoms with Gasteiger partial charge in [0.15, 0.2) is 4.87 Å². The molecule has 0 radical (unpaired) electrons. The summed E-state index contributed by atoms with van der Waals surface area (Å²) in [5, 5.41) is 2.82. The monoisotopic (exact) mass is 426 g/mol. The van der Waals surface area contributed by atoms with Crippen LogP contribution in [-0.2, 0) is 20.9 Å². The molecule has 0 unspecified atom stereocenters. The van der Waals surface area contributed by atoms with Gasteiger partial charge in [0, 0.05) is 30.0 Å². The molecule has 2 aromatic carbocycles. The predicted molar refractivity (Wildman–Crippen MR) is 113 cm³/mol. The molecule has 2 aromatic rings. The summed E-state index contributed by atoms with van der Waals surface area (Å²) in [5.41, 5.74) is 1.95. The van der Waals surface area contributed by atoms with E-state index in [-0.39, 0.29) is 24.4 Å². The molecule has 7 nitrogen and oxygen atoms in total. The van der Waals surface area contributed by atoms with E-state index in [0.717, 1.165) is 11.3 Å². The number of amides is 2. The quantitative estimate of drug-likeness (QED) is 0.715. The Bertz CT molecular complexity index is 960. The number of methoxy groups -OCH3 is 1. The van der Waals surface area contributed by atoms with E-state index in [2.05, 4.69) is 5.32 Å².